The quantitative estimate of drug-likeness (QED) is 0.812. The Kier molecular flexibility index (Phi) is 5.65. The predicted octanol–water partition coefficient (Wildman–Crippen LogP) is 4.80. The first-order valence-corrected chi connectivity index (χ1v) is 8.35. The molecule has 0 amide bonds. The van der Waals surface area contributed by atoms with Crippen LogP contribution in [0, 0.1) is 17.8 Å². The van der Waals surface area contributed by atoms with Crippen LogP contribution in [-0.2, 0) is 13.0 Å². The summed E-state index contributed by atoms with van der Waals surface area (Å²) in [7, 11) is 0. The normalized spacial score (nSPS) is 26.9. The molecule has 0 bridgehead atoms. The smallest absolute Gasteiger partial charge is 0.0208 e. The average Bonchev–Trinajstić information content (AvgIpc) is 2.41. The molecule has 1 aliphatic carbocycles. The Bertz CT molecular complexity index is 393. The maximum Gasteiger partial charge on any atom is 0.0208 e. The fraction of sp³-hybridized carbons (Fsp3) is 0.684. The van der Waals surface area contributed by atoms with Crippen LogP contribution < -0.4 is 5.32 Å². The van der Waals surface area contributed by atoms with Crippen LogP contribution in [0.15, 0.2) is 24.3 Å². The minimum Gasteiger partial charge on any atom is -0.310 e. The minimum absolute atomic E-state index is 0.719. The van der Waals surface area contributed by atoms with Gasteiger partial charge in [-0.15, -0.1) is 0 Å². The molecule has 1 aliphatic rings. The summed E-state index contributed by atoms with van der Waals surface area (Å²) in [5, 5.41) is 3.75. The standard InChI is InChI=1S/C19H31N/c1-14(2)11-17-6-8-18(9-7-17)13-20-19-10-5-15(3)16(4)12-19/h6-9,14-16,19-20H,5,10-13H2,1-4H3. The summed E-state index contributed by atoms with van der Waals surface area (Å²) in [5.41, 5.74) is 2.88. The van der Waals surface area contributed by atoms with E-state index in [2.05, 4.69) is 57.3 Å². The molecule has 0 saturated heterocycles. The van der Waals surface area contributed by atoms with Gasteiger partial charge in [0.05, 0.1) is 0 Å². The molecule has 1 heteroatoms. The van der Waals surface area contributed by atoms with Crippen molar-refractivity contribution in [3.05, 3.63) is 35.4 Å². The second kappa shape index (κ2) is 7.26. The van der Waals surface area contributed by atoms with Crippen LogP contribution >= 0.6 is 0 Å². The van der Waals surface area contributed by atoms with Gasteiger partial charge in [-0.1, -0.05) is 52.0 Å². The molecule has 1 N–H and O–H groups in total. The molecule has 0 aromatic heterocycles. The molecule has 1 saturated carbocycles. The largest absolute Gasteiger partial charge is 0.310 e. The highest BCUT2D eigenvalue weighted by Crippen LogP contribution is 2.29. The third-order valence-corrected chi connectivity index (χ3v) is 4.86. The van der Waals surface area contributed by atoms with Crippen LogP contribution in [0.25, 0.3) is 0 Å². The molecule has 0 heterocycles. The van der Waals surface area contributed by atoms with Crippen LogP contribution in [-0.4, -0.2) is 6.04 Å². The molecular formula is C19H31N. The third kappa shape index (κ3) is 4.63. The van der Waals surface area contributed by atoms with Gasteiger partial charge >= 0.3 is 0 Å². The van der Waals surface area contributed by atoms with E-state index in [9.17, 15) is 0 Å². The molecule has 1 nitrogen and oxygen atoms in total. The van der Waals surface area contributed by atoms with E-state index in [4.69, 9.17) is 0 Å². The van der Waals surface area contributed by atoms with Crippen molar-refractivity contribution in [3.63, 3.8) is 0 Å². The van der Waals surface area contributed by atoms with Crippen molar-refractivity contribution < 1.29 is 0 Å². The summed E-state index contributed by atoms with van der Waals surface area (Å²) in [4.78, 5) is 0. The zero-order valence-electron chi connectivity index (χ0n) is 13.7. The van der Waals surface area contributed by atoms with Gasteiger partial charge in [0.2, 0.25) is 0 Å². The first kappa shape index (κ1) is 15.6. The molecule has 3 atom stereocenters. The summed E-state index contributed by atoms with van der Waals surface area (Å²) >= 11 is 0. The third-order valence-electron chi connectivity index (χ3n) is 4.86. The van der Waals surface area contributed by atoms with Gasteiger partial charge in [-0.25, -0.2) is 0 Å². The fourth-order valence-electron chi connectivity index (χ4n) is 3.26. The first-order chi connectivity index (χ1) is 9.54. The van der Waals surface area contributed by atoms with Crippen LogP contribution in [0.5, 0.6) is 0 Å². The maximum absolute atomic E-state index is 3.75. The maximum atomic E-state index is 3.75. The Balaban J connectivity index is 1.79. The Morgan fingerprint density at radius 3 is 2.25 bits per heavy atom. The van der Waals surface area contributed by atoms with Gasteiger partial charge < -0.3 is 5.32 Å². The molecule has 1 aromatic rings. The van der Waals surface area contributed by atoms with Gasteiger partial charge in [-0.2, -0.15) is 0 Å². The zero-order chi connectivity index (χ0) is 14.5. The average molecular weight is 273 g/mol. The van der Waals surface area contributed by atoms with E-state index >= 15 is 0 Å². The number of rotatable bonds is 5. The van der Waals surface area contributed by atoms with Crippen molar-refractivity contribution >= 4 is 0 Å². The highest BCUT2D eigenvalue weighted by Gasteiger charge is 2.23. The van der Waals surface area contributed by atoms with Gasteiger partial charge in [0.25, 0.3) is 0 Å². The minimum atomic E-state index is 0.719. The predicted molar refractivity (Wildman–Crippen MR) is 87.8 cm³/mol. The summed E-state index contributed by atoms with van der Waals surface area (Å²) in [6.07, 6.45) is 5.25. The lowest BCUT2D eigenvalue weighted by Crippen LogP contribution is -2.35. The van der Waals surface area contributed by atoms with Crippen molar-refractivity contribution in [2.75, 3.05) is 0 Å². The molecule has 3 unspecified atom stereocenters. The monoisotopic (exact) mass is 273 g/mol. The Hall–Kier alpha value is -0.820. The lowest BCUT2D eigenvalue weighted by atomic mass is 9.79. The second-order valence-corrected chi connectivity index (χ2v) is 7.26. The zero-order valence-corrected chi connectivity index (χ0v) is 13.7. The molecule has 0 aliphatic heterocycles. The highest BCUT2D eigenvalue weighted by molar-refractivity contribution is 5.22. The van der Waals surface area contributed by atoms with Gasteiger partial charge in [-0.3, -0.25) is 0 Å². The van der Waals surface area contributed by atoms with Gasteiger partial charge in [0, 0.05) is 12.6 Å². The summed E-state index contributed by atoms with van der Waals surface area (Å²) in [5.74, 6) is 2.52. The van der Waals surface area contributed by atoms with Gasteiger partial charge in [-0.05, 0) is 54.6 Å². The van der Waals surface area contributed by atoms with Crippen molar-refractivity contribution in [2.24, 2.45) is 17.8 Å². The topological polar surface area (TPSA) is 12.0 Å². The molecule has 0 radical (unpaired) electrons. The Morgan fingerprint density at radius 2 is 1.65 bits per heavy atom. The van der Waals surface area contributed by atoms with E-state index in [-0.39, 0.29) is 0 Å². The molecule has 112 valence electrons. The number of nitrogens with one attached hydrogen (secondary N) is 1. The number of hydrogen-bond donors (Lipinski definition) is 1. The molecule has 2 rings (SSSR count). The Morgan fingerprint density at radius 1 is 1.00 bits per heavy atom. The number of benzene rings is 1. The lowest BCUT2D eigenvalue weighted by Gasteiger charge is -2.32. The molecule has 1 aromatic carbocycles. The summed E-state index contributed by atoms with van der Waals surface area (Å²) in [6, 6.07) is 9.89. The van der Waals surface area contributed by atoms with Crippen LogP contribution in [0.1, 0.15) is 58.1 Å². The van der Waals surface area contributed by atoms with Crippen molar-refractivity contribution in [1.82, 2.24) is 5.32 Å². The molecular weight excluding hydrogens is 242 g/mol. The van der Waals surface area contributed by atoms with E-state index in [1.165, 1.54) is 36.8 Å². The van der Waals surface area contributed by atoms with E-state index in [1.54, 1.807) is 0 Å². The molecule has 20 heavy (non-hydrogen) atoms. The second-order valence-electron chi connectivity index (χ2n) is 7.26. The van der Waals surface area contributed by atoms with Crippen LogP contribution in [0.2, 0.25) is 0 Å². The fourth-order valence-corrected chi connectivity index (χ4v) is 3.26. The summed E-state index contributed by atoms with van der Waals surface area (Å²) in [6.45, 7) is 10.4. The SMILES string of the molecule is CC(C)Cc1ccc(CNC2CCC(C)C(C)C2)cc1. The lowest BCUT2D eigenvalue weighted by molar-refractivity contribution is 0.225. The van der Waals surface area contributed by atoms with E-state index in [1.807, 2.05) is 0 Å². The van der Waals surface area contributed by atoms with Crippen molar-refractivity contribution in [3.8, 4) is 0 Å². The number of hydrogen-bond acceptors (Lipinski definition) is 1. The molecule has 0 spiro atoms. The van der Waals surface area contributed by atoms with Crippen LogP contribution in [0.3, 0.4) is 0 Å². The van der Waals surface area contributed by atoms with Gasteiger partial charge in [0.1, 0.15) is 0 Å². The van der Waals surface area contributed by atoms with Crippen molar-refractivity contribution in [1.29, 1.82) is 0 Å². The Labute approximate surface area is 125 Å². The first-order valence-electron chi connectivity index (χ1n) is 8.35. The van der Waals surface area contributed by atoms with E-state index in [0.717, 1.165) is 30.3 Å². The van der Waals surface area contributed by atoms with Crippen LogP contribution in [0.4, 0.5) is 0 Å². The molecule has 1 fully saturated rings. The van der Waals surface area contributed by atoms with E-state index in [0.29, 0.717) is 0 Å². The highest BCUT2D eigenvalue weighted by atomic mass is 14.9. The van der Waals surface area contributed by atoms with E-state index < -0.39 is 0 Å². The summed E-state index contributed by atoms with van der Waals surface area (Å²) < 4.78 is 0. The van der Waals surface area contributed by atoms with Crippen molar-refractivity contribution in [2.45, 2.75) is 66.0 Å². The van der Waals surface area contributed by atoms with Gasteiger partial charge in [0.15, 0.2) is 0 Å².